The zero-order valence-electron chi connectivity index (χ0n) is 7.70. The molecular weight excluding hydrogens is 168 g/mol. The van der Waals surface area contributed by atoms with Gasteiger partial charge in [-0.1, -0.05) is 0 Å². The fourth-order valence-corrected chi connectivity index (χ4v) is 1.14. The van der Waals surface area contributed by atoms with E-state index in [1.165, 1.54) is 14.2 Å². The summed E-state index contributed by atoms with van der Waals surface area (Å²) in [6.07, 6.45) is 3.67. The van der Waals surface area contributed by atoms with Crippen LogP contribution in [0, 0.1) is 11.3 Å². The number of nitrogens with zero attached hydrogens (tertiary/aromatic N) is 1. The number of nitrogens with two attached hydrogens (primary N) is 1. The minimum atomic E-state index is -0.842. The summed E-state index contributed by atoms with van der Waals surface area (Å²) in [6.45, 7) is 0. The van der Waals surface area contributed by atoms with Gasteiger partial charge < -0.3 is 9.47 Å². The van der Waals surface area contributed by atoms with Crippen LogP contribution in [0.25, 0.3) is 0 Å². The molecule has 1 aliphatic carbocycles. The molecule has 0 bridgehead atoms. The van der Waals surface area contributed by atoms with Crippen molar-refractivity contribution in [1.29, 1.82) is 5.26 Å². The molecule has 1 rings (SSSR count). The minimum absolute atomic E-state index is 0.388. The maximum Gasteiger partial charge on any atom is 0.142 e. The van der Waals surface area contributed by atoms with E-state index in [4.69, 9.17) is 20.5 Å². The molecule has 2 N–H and O–H groups in total. The number of allylic oxidation sites excluding steroid dienone is 2. The van der Waals surface area contributed by atoms with Crippen LogP contribution in [0.2, 0.25) is 0 Å². The van der Waals surface area contributed by atoms with Crippen molar-refractivity contribution in [2.24, 2.45) is 5.73 Å². The molecule has 4 heteroatoms. The van der Waals surface area contributed by atoms with Gasteiger partial charge in [0.2, 0.25) is 0 Å². The van der Waals surface area contributed by atoms with E-state index < -0.39 is 5.72 Å². The summed E-state index contributed by atoms with van der Waals surface area (Å²) in [6, 6.07) is 2.02. The molecule has 0 spiro atoms. The zero-order chi connectivity index (χ0) is 9.90. The quantitative estimate of drug-likeness (QED) is 0.634. The van der Waals surface area contributed by atoms with Gasteiger partial charge in [0.25, 0.3) is 0 Å². The molecule has 0 aliphatic heterocycles. The van der Waals surface area contributed by atoms with Gasteiger partial charge in [0.15, 0.2) is 0 Å². The SMILES string of the molecule is COC1=C(C#N)C=CC(N)(OC)C1. The molecule has 0 saturated carbocycles. The Kier molecular flexibility index (Phi) is 2.71. The van der Waals surface area contributed by atoms with E-state index in [1.54, 1.807) is 12.2 Å². The number of rotatable bonds is 2. The number of hydrogen-bond acceptors (Lipinski definition) is 4. The standard InChI is InChI=1S/C9H12N2O2/c1-12-8-5-9(11,13-2)4-3-7(8)6-10/h3-4H,5,11H2,1-2H3. The third kappa shape index (κ3) is 1.89. The lowest BCUT2D eigenvalue weighted by Crippen LogP contribution is -2.41. The first kappa shape index (κ1) is 9.78. The largest absolute Gasteiger partial charge is 0.500 e. The second-order valence-corrected chi connectivity index (χ2v) is 2.82. The van der Waals surface area contributed by atoms with Gasteiger partial charge >= 0.3 is 0 Å². The summed E-state index contributed by atoms with van der Waals surface area (Å²) in [5.41, 5.74) is 5.47. The Labute approximate surface area is 77.2 Å². The van der Waals surface area contributed by atoms with Gasteiger partial charge in [-0.3, -0.25) is 5.73 Å². The molecule has 4 nitrogen and oxygen atoms in total. The Bertz CT molecular complexity index is 301. The van der Waals surface area contributed by atoms with Crippen LogP contribution in [0.15, 0.2) is 23.5 Å². The predicted octanol–water partition coefficient (Wildman–Crippen LogP) is 0.672. The monoisotopic (exact) mass is 180 g/mol. The van der Waals surface area contributed by atoms with Crippen molar-refractivity contribution in [3.05, 3.63) is 23.5 Å². The van der Waals surface area contributed by atoms with Gasteiger partial charge in [0, 0.05) is 7.11 Å². The molecule has 0 fully saturated rings. The molecule has 0 heterocycles. The number of hydrogen-bond donors (Lipinski definition) is 1. The van der Waals surface area contributed by atoms with Crippen LogP contribution < -0.4 is 5.73 Å². The predicted molar refractivity (Wildman–Crippen MR) is 47.3 cm³/mol. The summed E-state index contributed by atoms with van der Waals surface area (Å²) in [7, 11) is 3.04. The fourth-order valence-electron chi connectivity index (χ4n) is 1.14. The van der Waals surface area contributed by atoms with Crippen molar-refractivity contribution in [3.63, 3.8) is 0 Å². The van der Waals surface area contributed by atoms with Crippen LogP contribution in [-0.4, -0.2) is 19.9 Å². The van der Waals surface area contributed by atoms with Gasteiger partial charge in [-0.2, -0.15) is 5.26 Å². The van der Waals surface area contributed by atoms with Crippen LogP contribution in [0.5, 0.6) is 0 Å². The van der Waals surface area contributed by atoms with E-state index >= 15 is 0 Å². The Hall–Kier alpha value is -1.31. The highest BCUT2D eigenvalue weighted by Crippen LogP contribution is 2.25. The molecule has 1 unspecified atom stereocenters. The number of nitriles is 1. The maximum atomic E-state index is 8.71. The van der Waals surface area contributed by atoms with Gasteiger partial charge in [-0.05, 0) is 12.2 Å². The molecule has 0 aromatic carbocycles. The van der Waals surface area contributed by atoms with Crippen LogP contribution in [-0.2, 0) is 9.47 Å². The molecule has 0 aromatic rings. The van der Waals surface area contributed by atoms with E-state index in [9.17, 15) is 0 Å². The summed E-state index contributed by atoms with van der Waals surface area (Å²) in [5.74, 6) is 0.564. The van der Waals surface area contributed by atoms with E-state index in [0.717, 1.165) is 0 Å². The Morgan fingerprint density at radius 1 is 1.62 bits per heavy atom. The lowest BCUT2D eigenvalue weighted by atomic mass is 9.99. The van der Waals surface area contributed by atoms with Crippen molar-refractivity contribution in [2.75, 3.05) is 14.2 Å². The van der Waals surface area contributed by atoms with Crippen molar-refractivity contribution in [1.82, 2.24) is 0 Å². The lowest BCUT2D eigenvalue weighted by Gasteiger charge is -2.27. The number of ether oxygens (including phenoxy) is 2. The molecule has 0 saturated heterocycles. The lowest BCUT2D eigenvalue weighted by molar-refractivity contribution is 0.0248. The van der Waals surface area contributed by atoms with Gasteiger partial charge in [-0.15, -0.1) is 0 Å². The molecule has 1 aliphatic rings. The highest BCUT2D eigenvalue weighted by molar-refractivity contribution is 5.40. The van der Waals surface area contributed by atoms with Crippen molar-refractivity contribution >= 4 is 0 Å². The van der Waals surface area contributed by atoms with E-state index in [1.807, 2.05) is 6.07 Å². The first-order valence-electron chi connectivity index (χ1n) is 3.85. The second kappa shape index (κ2) is 3.60. The zero-order valence-corrected chi connectivity index (χ0v) is 7.70. The fraction of sp³-hybridized carbons (Fsp3) is 0.444. The van der Waals surface area contributed by atoms with Crippen molar-refractivity contribution in [3.8, 4) is 6.07 Å². The van der Waals surface area contributed by atoms with Gasteiger partial charge in [0.05, 0.1) is 19.1 Å². The Morgan fingerprint density at radius 3 is 2.77 bits per heavy atom. The summed E-state index contributed by atoms with van der Waals surface area (Å²) >= 11 is 0. The third-order valence-electron chi connectivity index (χ3n) is 2.02. The Balaban J connectivity index is 2.94. The summed E-state index contributed by atoms with van der Waals surface area (Å²) < 4.78 is 10.1. The molecule has 0 radical (unpaired) electrons. The first-order valence-corrected chi connectivity index (χ1v) is 3.85. The highest BCUT2D eigenvalue weighted by atomic mass is 16.5. The average molecular weight is 180 g/mol. The molecule has 70 valence electrons. The van der Waals surface area contributed by atoms with E-state index in [-0.39, 0.29) is 0 Å². The maximum absolute atomic E-state index is 8.71. The molecule has 1 atom stereocenters. The van der Waals surface area contributed by atoms with Crippen LogP contribution >= 0.6 is 0 Å². The minimum Gasteiger partial charge on any atom is -0.500 e. The first-order chi connectivity index (χ1) is 6.15. The summed E-state index contributed by atoms with van der Waals surface area (Å²) in [5, 5.41) is 8.71. The topological polar surface area (TPSA) is 68.3 Å². The summed E-state index contributed by atoms with van der Waals surface area (Å²) in [4.78, 5) is 0. The van der Waals surface area contributed by atoms with Gasteiger partial charge in [0.1, 0.15) is 17.6 Å². The Morgan fingerprint density at radius 2 is 2.31 bits per heavy atom. The molecule has 13 heavy (non-hydrogen) atoms. The highest BCUT2D eigenvalue weighted by Gasteiger charge is 2.28. The van der Waals surface area contributed by atoms with Crippen LogP contribution in [0.1, 0.15) is 6.42 Å². The van der Waals surface area contributed by atoms with E-state index in [0.29, 0.717) is 17.8 Å². The average Bonchev–Trinajstić information content (AvgIpc) is 2.18. The molecule has 0 amide bonds. The normalized spacial score (nSPS) is 27.2. The smallest absolute Gasteiger partial charge is 0.142 e. The van der Waals surface area contributed by atoms with Gasteiger partial charge in [-0.25, -0.2) is 0 Å². The second-order valence-electron chi connectivity index (χ2n) is 2.82. The van der Waals surface area contributed by atoms with Crippen molar-refractivity contribution < 1.29 is 9.47 Å². The third-order valence-corrected chi connectivity index (χ3v) is 2.02. The van der Waals surface area contributed by atoms with Crippen LogP contribution in [0.4, 0.5) is 0 Å². The molecule has 0 aromatic heterocycles. The van der Waals surface area contributed by atoms with E-state index in [2.05, 4.69) is 0 Å². The number of methoxy groups -OCH3 is 2. The molecular formula is C9H12N2O2. The van der Waals surface area contributed by atoms with Crippen molar-refractivity contribution in [2.45, 2.75) is 12.1 Å². The van der Waals surface area contributed by atoms with Crippen LogP contribution in [0.3, 0.4) is 0 Å².